The second kappa shape index (κ2) is 10.5. The largest absolute Gasteiger partial charge is 0.469 e. The summed E-state index contributed by atoms with van der Waals surface area (Å²) in [6.07, 6.45) is 0.557. The first-order valence-corrected chi connectivity index (χ1v) is 9.55. The van der Waals surface area contributed by atoms with E-state index in [1.807, 2.05) is 0 Å². The summed E-state index contributed by atoms with van der Waals surface area (Å²) in [6.45, 7) is 0.239. The van der Waals surface area contributed by atoms with Gasteiger partial charge in [-0.1, -0.05) is 0 Å². The molecule has 0 atom stereocenters. The van der Waals surface area contributed by atoms with Crippen molar-refractivity contribution in [2.24, 2.45) is 0 Å². The van der Waals surface area contributed by atoms with Gasteiger partial charge in [0.05, 0.1) is 18.3 Å². The van der Waals surface area contributed by atoms with Gasteiger partial charge in [-0.3, -0.25) is 29.4 Å². The summed E-state index contributed by atoms with van der Waals surface area (Å²) in [5.74, 6) is -2.79. The van der Waals surface area contributed by atoms with Crippen LogP contribution in [-0.4, -0.2) is 72.9 Å². The monoisotopic (exact) mass is 474 g/mol. The number of rotatable bonds is 10. The number of anilines is 2. The Balaban J connectivity index is 1.51. The molecule has 3 amide bonds. The third-order valence-electron chi connectivity index (χ3n) is 4.20. The fraction of sp³-hybridized carbons (Fsp3) is 0.235. The molecule has 3 rings (SSSR count). The Hall–Kier alpha value is -5.09. The van der Waals surface area contributed by atoms with Gasteiger partial charge in [-0.2, -0.15) is 15.3 Å². The number of hydrogen-bond acceptors (Lipinski definition) is 10. The van der Waals surface area contributed by atoms with Crippen LogP contribution in [0.2, 0.25) is 0 Å². The number of hydrogen-bond donors (Lipinski definition) is 6. The number of methoxy groups -OCH3 is 1. The second-order valence-corrected chi connectivity index (χ2v) is 6.57. The van der Waals surface area contributed by atoms with Crippen LogP contribution in [0.1, 0.15) is 44.3 Å². The highest BCUT2D eigenvalue weighted by Crippen LogP contribution is 2.13. The van der Waals surface area contributed by atoms with E-state index < -0.39 is 28.5 Å². The van der Waals surface area contributed by atoms with Crippen molar-refractivity contribution in [3.8, 4) is 0 Å². The minimum atomic E-state index is -0.764. The van der Waals surface area contributed by atoms with Crippen LogP contribution in [0.3, 0.4) is 0 Å². The number of aromatic nitrogens is 6. The Kier molecular flexibility index (Phi) is 7.27. The van der Waals surface area contributed by atoms with E-state index in [9.17, 15) is 29.3 Å². The number of nitrogens with zero attached hydrogens (tertiary/aromatic N) is 4. The number of nitro groups is 1. The quantitative estimate of drug-likeness (QED) is 0.0989. The van der Waals surface area contributed by atoms with Gasteiger partial charge in [0.1, 0.15) is 11.4 Å². The third kappa shape index (κ3) is 5.99. The highest BCUT2D eigenvalue weighted by molar-refractivity contribution is 6.05. The zero-order chi connectivity index (χ0) is 24.7. The molecule has 0 radical (unpaired) electrons. The molecule has 6 N–H and O–H groups in total. The van der Waals surface area contributed by atoms with E-state index in [0.717, 1.165) is 6.07 Å². The molecule has 3 aromatic heterocycles. The van der Waals surface area contributed by atoms with E-state index in [1.165, 1.54) is 19.2 Å². The van der Waals surface area contributed by atoms with Crippen LogP contribution in [0.4, 0.5) is 17.5 Å². The van der Waals surface area contributed by atoms with Gasteiger partial charge in [0.2, 0.25) is 0 Å². The van der Waals surface area contributed by atoms with Crippen molar-refractivity contribution in [3.63, 3.8) is 0 Å². The van der Waals surface area contributed by atoms with Gasteiger partial charge in [-0.15, -0.1) is 0 Å². The van der Waals surface area contributed by atoms with Crippen LogP contribution in [0.15, 0.2) is 18.2 Å². The summed E-state index contributed by atoms with van der Waals surface area (Å²) in [5.41, 5.74) is -0.129. The predicted molar refractivity (Wildman–Crippen MR) is 112 cm³/mol. The van der Waals surface area contributed by atoms with Gasteiger partial charge >= 0.3 is 11.8 Å². The van der Waals surface area contributed by atoms with E-state index in [1.54, 1.807) is 0 Å². The van der Waals surface area contributed by atoms with E-state index in [2.05, 4.69) is 51.3 Å². The first-order valence-electron chi connectivity index (χ1n) is 9.55. The van der Waals surface area contributed by atoms with Crippen LogP contribution < -0.4 is 16.0 Å². The van der Waals surface area contributed by atoms with Crippen molar-refractivity contribution >= 4 is 41.1 Å². The van der Waals surface area contributed by atoms with Gasteiger partial charge in [0.25, 0.3) is 17.7 Å². The predicted octanol–water partition coefficient (Wildman–Crippen LogP) is -0.0483. The lowest BCUT2D eigenvalue weighted by atomic mass is 10.3. The Morgan fingerprint density at radius 1 is 0.912 bits per heavy atom. The molecule has 0 aliphatic rings. The SMILES string of the molecule is COC(=O)CCCNC(=O)c1cc(NC(=O)c2cc(NC(=O)c3cc([N+](=O)[O-])n[nH]3)n[nH]2)n[nH]1. The molecular weight excluding hydrogens is 456 g/mol. The van der Waals surface area contributed by atoms with E-state index >= 15 is 0 Å². The summed E-state index contributed by atoms with van der Waals surface area (Å²) in [4.78, 5) is 57.5. The average Bonchev–Trinajstić information content (AvgIpc) is 3.57. The maximum Gasteiger partial charge on any atom is 0.390 e. The van der Waals surface area contributed by atoms with Gasteiger partial charge in [-0.25, -0.2) is 0 Å². The van der Waals surface area contributed by atoms with Gasteiger partial charge in [0, 0.05) is 25.1 Å². The van der Waals surface area contributed by atoms with E-state index in [0.29, 0.717) is 6.42 Å². The fourth-order valence-electron chi connectivity index (χ4n) is 2.52. The molecule has 17 heteroatoms. The van der Waals surface area contributed by atoms with Gasteiger partial charge in [0.15, 0.2) is 17.3 Å². The molecule has 34 heavy (non-hydrogen) atoms. The standard InChI is InChI=1S/C17H18N10O7/c1-34-14(28)3-2-4-18-15(29)8-5-11(24-21-8)19-16(30)9-6-12(25-22-9)20-17(31)10-7-13(26-23-10)27(32)33/h5-7H,2-4H2,1H3,(H,18,29)(H,23,26)(H2,19,21,24,30)(H2,20,22,25,31). The van der Waals surface area contributed by atoms with Crippen molar-refractivity contribution in [2.45, 2.75) is 12.8 Å². The molecule has 17 nitrogen and oxygen atoms in total. The lowest BCUT2D eigenvalue weighted by molar-refractivity contribution is -0.389. The normalized spacial score (nSPS) is 10.4. The summed E-state index contributed by atoms with van der Waals surface area (Å²) >= 11 is 0. The number of amides is 3. The number of nitrogens with one attached hydrogen (secondary N) is 6. The number of H-pyrrole nitrogens is 3. The van der Waals surface area contributed by atoms with Crippen LogP contribution in [0, 0.1) is 10.1 Å². The van der Waals surface area contributed by atoms with E-state index in [-0.39, 0.29) is 47.7 Å². The molecule has 0 aliphatic carbocycles. The number of ether oxygens (including phenoxy) is 1. The lowest BCUT2D eigenvalue weighted by Crippen LogP contribution is -2.25. The van der Waals surface area contributed by atoms with Crippen LogP contribution in [0.5, 0.6) is 0 Å². The Labute approximate surface area is 189 Å². The Bertz CT molecular complexity index is 1230. The number of carbonyl (C=O) groups excluding carboxylic acids is 4. The maximum atomic E-state index is 12.4. The highest BCUT2D eigenvalue weighted by Gasteiger charge is 2.19. The van der Waals surface area contributed by atoms with Crippen molar-refractivity contribution < 1.29 is 28.8 Å². The zero-order valence-corrected chi connectivity index (χ0v) is 17.5. The van der Waals surface area contributed by atoms with Crippen LogP contribution in [0.25, 0.3) is 0 Å². The van der Waals surface area contributed by atoms with Crippen LogP contribution in [-0.2, 0) is 9.53 Å². The topological polar surface area (TPSA) is 243 Å². The molecule has 0 bridgehead atoms. The minimum Gasteiger partial charge on any atom is -0.469 e. The summed E-state index contributed by atoms with van der Waals surface area (Å²) in [6, 6.07) is 3.47. The molecule has 0 aliphatic heterocycles. The van der Waals surface area contributed by atoms with Crippen molar-refractivity contribution in [3.05, 3.63) is 45.4 Å². The maximum absolute atomic E-state index is 12.4. The molecular formula is C17H18N10O7. The van der Waals surface area contributed by atoms with Gasteiger partial charge in [-0.05, 0) is 11.3 Å². The first-order chi connectivity index (χ1) is 16.3. The second-order valence-electron chi connectivity index (χ2n) is 6.57. The minimum absolute atomic E-state index is 0.0264. The summed E-state index contributed by atoms with van der Waals surface area (Å²) in [7, 11) is 1.28. The molecule has 0 fully saturated rings. The highest BCUT2D eigenvalue weighted by atomic mass is 16.6. The summed E-state index contributed by atoms with van der Waals surface area (Å²) in [5, 5.41) is 36.1. The average molecular weight is 474 g/mol. The number of carbonyl (C=O) groups is 4. The molecule has 3 heterocycles. The van der Waals surface area contributed by atoms with Crippen molar-refractivity contribution in [1.29, 1.82) is 0 Å². The van der Waals surface area contributed by atoms with Crippen molar-refractivity contribution in [2.75, 3.05) is 24.3 Å². The Morgan fingerprint density at radius 2 is 1.44 bits per heavy atom. The smallest absolute Gasteiger partial charge is 0.390 e. The van der Waals surface area contributed by atoms with Crippen molar-refractivity contribution in [1.82, 2.24) is 35.9 Å². The molecule has 178 valence electrons. The molecule has 0 spiro atoms. The lowest BCUT2D eigenvalue weighted by Gasteiger charge is -2.02. The zero-order valence-electron chi connectivity index (χ0n) is 17.5. The van der Waals surface area contributed by atoms with E-state index in [4.69, 9.17) is 0 Å². The molecule has 0 saturated carbocycles. The summed E-state index contributed by atoms with van der Waals surface area (Å²) < 4.78 is 4.51. The Morgan fingerprint density at radius 3 is 1.97 bits per heavy atom. The first kappa shape index (κ1) is 23.6. The molecule has 3 aromatic rings. The molecule has 0 aromatic carbocycles. The van der Waals surface area contributed by atoms with Gasteiger partial charge < -0.3 is 30.8 Å². The fourth-order valence-corrected chi connectivity index (χ4v) is 2.52. The number of aromatic amines is 3. The molecule has 0 unspecified atom stereocenters. The molecule has 0 saturated heterocycles. The van der Waals surface area contributed by atoms with Crippen LogP contribution >= 0.6 is 0 Å². The number of esters is 1. The third-order valence-corrected chi connectivity index (χ3v) is 4.20.